The summed E-state index contributed by atoms with van der Waals surface area (Å²) in [6.07, 6.45) is 5.00. The van der Waals surface area contributed by atoms with Crippen molar-refractivity contribution in [3.8, 4) is 40.8 Å². The number of pyridine rings is 1. The molecule has 35 heavy (non-hydrogen) atoms. The number of fused-ring (bicyclic) bond motifs is 1. The first-order valence-electron chi connectivity index (χ1n) is 11.2. The fourth-order valence-electron chi connectivity index (χ4n) is 4.54. The van der Waals surface area contributed by atoms with Gasteiger partial charge in [0.05, 0.1) is 28.9 Å². The van der Waals surface area contributed by atoms with Crippen molar-refractivity contribution in [3.05, 3.63) is 72.1 Å². The van der Waals surface area contributed by atoms with Gasteiger partial charge in [-0.3, -0.25) is 9.20 Å². The number of ether oxygens (including phenoxy) is 1. The van der Waals surface area contributed by atoms with Crippen molar-refractivity contribution in [2.45, 2.75) is 25.8 Å². The molecule has 3 aromatic heterocycles. The molecule has 0 saturated carbocycles. The molecule has 4 aromatic rings. The Bertz CT molecular complexity index is 1520. The standard InChI is InChI=1S/C27H22N6O2/c1-2-4-26(34)32-14-3-5-22(32)21-16-24(33-23(21)11-13-31-27(33)29)19-6-8-20(9-7-19)35-25-15-18(17-28)10-12-30-25/h6-13,15-16,22H,3,5,14H2,1H3,(H2,29,31). The van der Waals surface area contributed by atoms with Crippen LogP contribution in [-0.4, -0.2) is 31.7 Å². The van der Waals surface area contributed by atoms with Crippen molar-refractivity contribution in [2.75, 3.05) is 12.3 Å². The second-order valence-corrected chi connectivity index (χ2v) is 8.16. The van der Waals surface area contributed by atoms with E-state index in [2.05, 4.69) is 33.9 Å². The Morgan fingerprint density at radius 2 is 1.94 bits per heavy atom. The summed E-state index contributed by atoms with van der Waals surface area (Å²) in [6.45, 7) is 2.35. The smallest absolute Gasteiger partial charge is 0.298 e. The van der Waals surface area contributed by atoms with Crippen LogP contribution in [0.25, 0.3) is 16.8 Å². The molecule has 0 bridgehead atoms. The zero-order valence-electron chi connectivity index (χ0n) is 19.1. The number of nitriles is 1. The number of anilines is 1. The van der Waals surface area contributed by atoms with Gasteiger partial charge in [-0.25, -0.2) is 9.97 Å². The largest absolute Gasteiger partial charge is 0.439 e. The molecule has 8 heteroatoms. The van der Waals surface area contributed by atoms with E-state index in [1.54, 1.807) is 25.3 Å². The van der Waals surface area contributed by atoms with E-state index in [1.165, 1.54) is 6.20 Å². The number of nitrogens with two attached hydrogens (primary N) is 1. The lowest BCUT2D eigenvalue weighted by Gasteiger charge is -2.22. The number of carbonyl (C=O) groups is 1. The molecule has 8 nitrogen and oxygen atoms in total. The lowest BCUT2D eigenvalue weighted by atomic mass is 10.0. The van der Waals surface area contributed by atoms with Crippen LogP contribution in [0.3, 0.4) is 0 Å². The van der Waals surface area contributed by atoms with Crippen LogP contribution >= 0.6 is 0 Å². The number of hydrogen-bond acceptors (Lipinski definition) is 6. The first-order valence-corrected chi connectivity index (χ1v) is 11.2. The van der Waals surface area contributed by atoms with Gasteiger partial charge in [0.1, 0.15) is 5.75 Å². The van der Waals surface area contributed by atoms with Crippen LogP contribution in [0.5, 0.6) is 11.6 Å². The molecule has 0 radical (unpaired) electrons. The van der Waals surface area contributed by atoms with Crippen LogP contribution in [-0.2, 0) is 4.79 Å². The van der Waals surface area contributed by atoms with E-state index in [0.29, 0.717) is 29.7 Å². The molecule has 2 N–H and O–H groups in total. The molecule has 1 aromatic carbocycles. The van der Waals surface area contributed by atoms with Gasteiger partial charge in [0.2, 0.25) is 11.8 Å². The van der Waals surface area contributed by atoms with Gasteiger partial charge in [-0.15, -0.1) is 0 Å². The molecule has 1 amide bonds. The number of nitrogen functional groups attached to an aromatic ring is 1. The maximum Gasteiger partial charge on any atom is 0.298 e. The van der Waals surface area contributed by atoms with Crippen molar-refractivity contribution in [1.29, 1.82) is 5.26 Å². The molecule has 1 aliphatic rings. The maximum atomic E-state index is 12.6. The van der Waals surface area contributed by atoms with Gasteiger partial charge in [0.25, 0.3) is 5.91 Å². The topological polar surface area (TPSA) is 110 Å². The minimum absolute atomic E-state index is 0.0741. The molecule has 0 spiro atoms. The molecule has 1 unspecified atom stereocenters. The Labute approximate surface area is 202 Å². The number of hydrogen-bond donors (Lipinski definition) is 1. The summed E-state index contributed by atoms with van der Waals surface area (Å²) >= 11 is 0. The highest BCUT2D eigenvalue weighted by atomic mass is 16.5. The highest BCUT2D eigenvalue weighted by Crippen LogP contribution is 2.39. The predicted molar refractivity (Wildman–Crippen MR) is 131 cm³/mol. The van der Waals surface area contributed by atoms with Crippen LogP contribution in [0.1, 0.15) is 36.9 Å². The number of aromatic nitrogens is 3. The van der Waals surface area contributed by atoms with Crippen LogP contribution in [0, 0.1) is 23.2 Å². The second kappa shape index (κ2) is 9.20. The van der Waals surface area contributed by atoms with Crippen molar-refractivity contribution in [1.82, 2.24) is 19.3 Å². The van der Waals surface area contributed by atoms with E-state index in [0.717, 1.165) is 35.2 Å². The van der Waals surface area contributed by atoms with Crippen LogP contribution in [0.4, 0.5) is 5.95 Å². The molecule has 172 valence electrons. The van der Waals surface area contributed by atoms with Gasteiger partial charge in [-0.2, -0.15) is 5.26 Å². The zero-order chi connectivity index (χ0) is 24.4. The number of rotatable bonds is 4. The van der Waals surface area contributed by atoms with E-state index in [4.69, 9.17) is 15.7 Å². The SMILES string of the molecule is CC#CC(=O)N1CCCC1c1cc(-c2ccc(Oc3cc(C#N)ccn3)cc2)n2c(N)nccc12. The third-order valence-electron chi connectivity index (χ3n) is 6.08. The highest BCUT2D eigenvalue weighted by molar-refractivity contribution is 5.94. The average Bonchev–Trinajstić information content (AvgIpc) is 3.51. The summed E-state index contributed by atoms with van der Waals surface area (Å²) in [7, 11) is 0. The number of likely N-dealkylation sites (tertiary alicyclic amines) is 1. The number of benzene rings is 1. The fraction of sp³-hybridized carbons (Fsp3) is 0.185. The van der Waals surface area contributed by atoms with Crippen LogP contribution in [0.15, 0.2) is 60.9 Å². The minimum atomic E-state index is -0.159. The first-order chi connectivity index (χ1) is 17.1. The molecule has 1 saturated heterocycles. The first kappa shape index (κ1) is 22.0. The summed E-state index contributed by atoms with van der Waals surface area (Å²) in [5, 5.41) is 9.07. The van der Waals surface area contributed by atoms with E-state index in [9.17, 15) is 4.79 Å². The van der Waals surface area contributed by atoms with E-state index < -0.39 is 0 Å². The summed E-state index contributed by atoms with van der Waals surface area (Å²) in [5.41, 5.74) is 10.5. The molecule has 1 atom stereocenters. The van der Waals surface area contributed by atoms with Gasteiger partial charge < -0.3 is 15.4 Å². The number of nitrogens with zero attached hydrogens (tertiary/aromatic N) is 5. The second-order valence-electron chi connectivity index (χ2n) is 8.16. The van der Waals surface area contributed by atoms with Crippen molar-refractivity contribution >= 4 is 17.4 Å². The normalized spacial score (nSPS) is 14.9. The molecule has 1 fully saturated rings. The van der Waals surface area contributed by atoms with E-state index in [1.807, 2.05) is 39.6 Å². The predicted octanol–water partition coefficient (Wildman–Crippen LogP) is 4.33. The van der Waals surface area contributed by atoms with Crippen molar-refractivity contribution in [3.63, 3.8) is 0 Å². The molecule has 1 aliphatic heterocycles. The molecular formula is C27H22N6O2. The lowest BCUT2D eigenvalue weighted by molar-refractivity contribution is -0.125. The summed E-state index contributed by atoms with van der Waals surface area (Å²) < 4.78 is 7.72. The Morgan fingerprint density at radius 3 is 2.71 bits per heavy atom. The molecular weight excluding hydrogens is 440 g/mol. The quantitative estimate of drug-likeness (QED) is 0.452. The lowest BCUT2D eigenvalue weighted by Crippen LogP contribution is -2.29. The number of amides is 1. The third-order valence-corrected chi connectivity index (χ3v) is 6.08. The Kier molecular flexibility index (Phi) is 5.78. The Morgan fingerprint density at radius 1 is 1.14 bits per heavy atom. The number of carbonyl (C=O) groups excluding carboxylic acids is 1. The van der Waals surface area contributed by atoms with Crippen molar-refractivity contribution in [2.24, 2.45) is 0 Å². The van der Waals surface area contributed by atoms with Crippen LogP contribution in [0.2, 0.25) is 0 Å². The highest BCUT2D eigenvalue weighted by Gasteiger charge is 2.32. The molecule has 5 rings (SSSR count). The molecule has 4 heterocycles. The fourth-order valence-corrected chi connectivity index (χ4v) is 4.54. The maximum absolute atomic E-state index is 12.6. The van der Waals surface area contributed by atoms with E-state index in [-0.39, 0.29) is 11.9 Å². The summed E-state index contributed by atoms with van der Waals surface area (Å²) in [6, 6.07) is 16.8. The Balaban J connectivity index is 1.52. The zero-order valence-corrected chi connectivity index (χ0v) is 19.1. The monoisotopic (exact) mass is 462 g/mol. The third kappa shape index (κ3) is 4.14. The Hall–Kier alpha value is -4.82. The molecule has 0 aliphatic carbocycles. The van der Waals surface area contributed by atoms with Gasteiger partial charge >= 0.3 is 0 Å². The van der Waals surface area contributed by atoms with Crippen LogP contribution < -0.4 is 10.5 Å². The summed E-state index contributed by atoms with van der Waals surface area (Å²) in [5.74, 6) is 6.54. The average molecular weight is 463 g/mol. The van der Waals surface area contributed by atoms with Gasteiger partial charge in [0, 0.05) is 30.6 Å². The van der Waals surface area contributed by atoms with Gasteiger partial charge in [-0.05, 0) is 73.7 Å². The van der Waals surface area contributed by atoms with E-state index >= 15 is 0 Å². The van der Waals surface area contributed by atoms with Gasteiger partial charge in [-0.1, -0.05) is 5.92 Å². The van der Waals surface area contributed by atoms with Crippen molar-refractivity contribution < 1.29 is 9.53 Å². The van der Waals surface area contributed by atoms with Gasteiger partial charge in [0.15, 0.2) is 0 Å². The summed E-state index contributed by atoms with van der Waals surface area (Å²) in [4.78, 5) is 22.9. The minimum Gasteiger partial charge on any atom is -0.439 e.